The van der Waals surface area contributed by atoms with Crippen molar-refractivity contribution in [3.05, 3.63) is 64.0 Å². The maximum absolute atomic E-state index is 13.1. The van der Waals surface area contributed by atoms with Gasteiger partial charge < -0.3 is 4.90 Å². The Morgan fingerprint density at radius 1 is 1.07 bits per heavy atom. The average Bonchev–Trinajstić information content (AvgIpc) is 3.17. The summed E-state index contributed by atoms with van der Waals surface area (Å²) in [7, 11) is 0. The van der Waals surface area contributed by atoms with E-state index in [1.165, 1.54) is 28.8 Å². The molecule has 2 aliphatic rings. The summed E-state index contributed by atoms with van der Waals surface area (Å²) in [5.74, 6) is -0.400. The summed E-state index contributed by atoms with van der Waals surface area (Å²) in [6.45, 7) is 2.64. The van der Waals surface area contributed by atoms with Crippen LogP contribution >= 0.6 is 35.7 Å². The molecule has 0 aromatic heterocycles. The van der Waals surface area contributed by atoms with Gasteiger partial charge >= 0.3 is 6.18 Å². The van der Waals surface area contributed by atoms with Crippen LogP contribution in [0.3, 0.4) is 0 Å². The summed E-state index contributed by atoms with van der Waals surface area (Å²) in [5.41, 5.74) is 0.315. The second-order valence-corrected chi connectivity index (χ2v) is 8.68. The quantitative estimate of drug-likeness (QED) is 0.431. The number of fused-ring (bicyclic) bond motifs is 1. The van der Waals surface area contributed by atoms with Gasteiger partial charge in [0.25, 0.3) is 5.91 Å². The van der Waals surface area contributed by atoms with Crippen LogP contribution in [0.15, 0.2) is 63.4 Å². The molecule has 1 saturated heterocycles. The van der Waals surface area contributed by atoms with Crippen molar-refractivity contribution >= 4 is 57.3 Å². The smallest absolute Gasteiger partial charge is 0.334 e. The molecular formula is C19H13F3N2OS3. The van der Waals surface area contributed by atoms with E-state index in [0.29, 0.717) is 11.4 Å². The Labute approximate surface area is 173 Å². The molecule has 0 saturated carbocycles. The topological polar surface area (TPSA) is 23.6 Å². The van der Waals surface area contributed by atoms with Crippen LogP contribution < -0.4 is 9.80 Å². The Kier molecular flexibility index (Phi) is 4.93. The molecule has 0 radical (unpaired) electrons. The van der Waals surface area contributed by atoms with Crippen LogP contribution in [0.5, 0.6) is 0 Å². The highest BCUT2D eigenvalue weighted by Crippen LogP contribution is 2.51. The zero-order valence-corrected chi connectivity index (χ0v) is 16.9. The first-order chi connectivity index (χ1) is 13.3. The lowest BCUT2D eigenvalue weighted by Gasteiger charge is -2.19. The molecule has 1 amide bonds. The Morgan fingerprint density at radius 3 is 2.54 bits per heavy atom. The summed E-state index contributed by atoms with van der Waals surface area (Å²) < 4.78 is 39.4. The van der Waals surface area contributed by atoms with Crippen LogP contribution in [0.2, 0.25) is 0 Å². The zero-order valence-electron chi connectivity index (χ0n) is 14.5. The molecule has 0 bridgehead atoms. The van der Waals surface area contributed by atoms with Crippen LogP contribution in [0, 0.1) is 0 Å². The first-order valence-electron chi connectivity index (χ1n) is 8.33. The van der Waals surface area contributed by atoms with Gasteiger partial charge in [-0.15, -0.1) is 0 Å². The van der Waals surface area contributed by atoms with Gasteiger partial charge in [-0.3, -0.25) is 9.69 Å². The van der Waals surface area contributed by atoms with Gasteiger partial charge in [0.2, 0.25) is 0 Å². The van der Waals surface area contributed by atoms with Crippen molar-refractivity contribution in [1.29, 1.82) is 0 Å². The van der Waals surface area contributed by atoms with Gasteiger partial charge in [0.15, 0.2) is 4.32 Å². The number of amides is 1. The molecule has 0 atom stereocenters. The van der Waals surface area contributed by atoms with Crippen LogP contribution in [0.4, 0.5) is 24.5 Å². The minimum atomic E-state index is -4.49. The number of carbonyl (C=O) groups excluding carboxylic acids is 1. The molecule has 0 spiro atoms. The molecule has 2 aromatic carbocycles. The van der Waals surface area contributed by atoms with Gasteiger partial charge in [-0.1, -0.05) is 53.9 Å². The van der Waals surface area contributed by atoms with E-state index in [4.69, 9.17) is 12.2 Å². The number of thiocarbonyl (C=S) groups is 1. The maximum Gasteiger partial charge on any atom is 0.416 e. The summed E-state index contributed by atoms with van der Waals surface area (Å²) >= 11 is 7.93. The van der Waals surface area contributed by atoms with Gasteiger partial charge in [0, 0.05) is 11.4 Å². The number of thioether (sulfide) groups is 2. The van der Waals surface area contributed by atoms with Crippen LogP contribution in [-0.2, 0) is 11.0 Å². The number of hydrogen-bond acceptors (Lipinski definition) is 5. The van der Waals surface area contributed by atoms with E-state index in [1.54, 1.807) is 0 Å². The van der Waals surface area contributed by atoms with E-state index in [2.05, 4.69) is 0 Å². The number of rotatable bonds is 2. The summed E-state index contributed by atoms with van der Waals surface area (Å²) in [4.78, 5) is 17.8. The molecule has 0 aliphatic carbocycles. The fourth-order valence-electron chi connectivity index (χ4n) is 3.06. The van der Waals surface area contributed by atoms with Crippen molar-refractivity contribution < 1.29 is 18.0 Å². The second-order valence-electron chi connectivity index (χ2n) is 6.00. The summed E-state index contributed by atoms with van der Waals surface area (Å²) in [5, 5.41) is 0.760. The maximum atomic E-state index is 13.1. The van der Waals surface area contributed by atoms with Crippen molar-refractivity contribution in [2.24, 2.45) is 0 Å². The van der Waals surface area contributed by atoms with E-state index in [-0.39, 0.29) is 10.0 Å². The Hall–Kier alpha value is -1.97. The number of halogens is 3. The summed E-state index contributed by atoms with van der Waals surface area (Å²) in [6.07, 6.45) is -4.49. The number of para-hydroxylation sites is 1. The average molecular weight is 439 g/mol. The third kappa shape index (κ3) is 3.21. The third-order valence-corrected chi connectivity index (χ3v) is 6.99. The van der Waals surface area contributed by atoms with Crippen LogP contribution in [-0.4, -0.2) is 16.8 Å². The van der Waals surface area contributed by atoms with Gasteiger partial charge in [0.1, 0.15) is 9.93 Å². The Balaban J connectivity index is 1.74. The first-order valence-corrected chi connectivity index (χ1v) is 10.4. The normalized spacial score (nSPS) is 19.6. The molecular weight excluding hydrogens is 425 g/mol. The lowest BCUT2D eigenvalue weighted by Crippen LogP contribution is -2.29. The second kappa shape index (κ2) is 7.13. The fraction of sp³-hybridized carbons (Fsp3) is 0.158. The predicted octanol–water partition coefficient (Wildman–Crippen LogP) is 5.87. The van der Waals surface area contributed by atoms with Crippen molar-refractivity contribution in [3.63, 3.8) is 0 Å². The van der Waals surface area contributed by atoms with Crippen LogP contribution in [0.1, 0.15) is 12.5 Å². The minimum Gasteiger partial charge on any atom is -0.334 e. The molecule has 2 aliphatic heterocycles. The van der Waals surface area contributed by atoms with Crippen molar-refractivity contribution in [2.45, 2.75) is 18.0 Å². The third-order valence-electron chi connectivity index (χ3n) is 4.32. The number of alkyl halides is 3. The van der Waals surface area contributed by atoms with E-state index >= 15 is 0 Å². The molecule has 1 fully saturated rings. The van der Waals surface area contributed by atoms with Gasteiger partial charge in [-0.2, -0.15) is 13.2 Å². The molecule has 144 valence electrons. The number of carbonyl (C=O) groups is 1. The van der Waals surface area contributed by atoms with Crippen molar-refractivity contribution in [3.8, 4) is 0 Å². The number of nitrogens with zero attached hydrogens (tertiary/aromatic N) is 2. The number of anilines is 2. The summed E-state index contributed by atoms with van der Waals surface area (Å²) in [6, 6.07) is 12.5. The minimum absolute atomic E-state index is 0.122. The lowest BCUT2D eigenvalue weighted by atomic mass is 10.2. The SMILES string of the molecule is CCN1/C(=C2/SC(=S)N(c3cccc(C(F)(F)F)c3)C2=O)Sc2ccccc21. The Bertz CT molecular complexity index is 1020. The molecule has 9 heteroatoms. The van der Waals surface area contributed by atoms with Gasteiger partial charge in [-0.05, 0) is 37.3 Å². The molecule has 2 aromatic rings. The highest BCUT2D eigenvalue weighted by Gasteiger charge is 2.40. The molecule has 4 rings (SSSR count). The number of benzene rings is 2. The van der Waals surface area contributed by atoms with E-state index in [0.717, 1.165) is 39.5 Å². The van der Waals surface area contributed by atoms with Gasteiger partial charge in [-0.25, -0.2) is 0 Å². The standard InChI is InChI=1S/C19H13F3N2OS3/c1-2-23-13-8-3-4-9-14(13)27-17(23)15-16(25)24(18(26)28-15)12-7-5-6-11(10-12)19(20,21)22/h3-10H,2H2,1H3/b17-15-. The lowest BCUT2D eigenvalue weighted by molar-refractivity contribution is -0.137. The van der Waals surface area contributed by atoms with E-state index in [1.807, 2.05) is 36.1 Å². The van der Waals surface area contributed by atoms with E-state index < -0.39 is 17.6 Å². The molecule has 2 heterocycles. The van der Waals surface area contributed by atoms with E-state index in [9.17, 15) is 18.0 Å². The molecule has 3 nitrogen and oxygen atoms in total. The molecule has 0 N–H and O–H groups in total. The highest BCUT2D eigenvalue weighted by atomic mass is 32.2. The predicted molar refractivity (Wildman–Crippen MR) is 111 cm³/mol. The Morgan fingerprint density at radius 2 is 1.82 bits per heavy atom. The first kappa shape index (κ1) is 19.4. The molecule has 0 unspecified atom stereocenters. The largest absolute Gasteiger partial charge is 0.416 e. The van der Waals surface area contributed by atoms with Gasteiger partial charge in [0.05, 0.1) is 16.9 Å². The molecule has 28 heavy (non-hydrogen) atoms. The zero-order chi connectivity index (χ0) is 20.1. The monoisotopic (exact) mass is 438 g/mol. The van der Waals surface area contributed by atoms with Crippen molar-refractivity contribution in [2.75, 3.05) is 16.3 Å². The van der Waals surface area contributed by atoms with Crippen LogP contribution in [0.25, 0.3) is 0 Å². The van der Waals surface area contributed by atoms with Crippen molar-refractivity contribution in [1.82, 2.24) is 0 Å². The highest BCUT2D eigenvalue weighted by molar-refractivity contribution is 8.27. The number of hydrogen-bond donors (Lipinski definition) is 0. The fourth-order valence-corrected chi connectivity index (χ4v) is 5.73.